The number of hydrogen-bond acceptors (Lipinski definition) is 3. The summed E-state index contributed by atoms with van der Waals surface area (Å²) in [6.07, 6.45) is 0. The number of rotatable bonds is 5. The van der Waals surface area contributed by atoms with Crippen LogP contribution in [0.15, 0.2) is 40.9 Å². The van der Waals surface area contributed by atoms with Crippen molar-refractivity contribution >= 4 is 33.2 Å². The Labute approximate surface area is 134 Å². The summed E-state index contributed by atoms with van der Waals surface area (Å²) < 4.78 is 13.5. The zero-order chi connectivity index (χ0) is 15.4. The third-order valence-corrected chi connectivity index (χ3v) is 4.09. The lowest BCUT2D eigenvalue weighted by Crippen LogP contribution is -2.13. The zero-order valence-electron chi connectivity index (χ0n) is 10.8. The first-order valence-corrected chi connectivity index (χ1v) is 7.22. The molecule has 4 nitrogen and oxygen atoms in total. The lowest BCUT2D eigenvalue weighted by Gasteiger charge is -2.08. The Hall–Kier alpha value is -1.50. The summed E-state index contributed by atoms with van der Waals surface area (Å²) in [5, 5.41) is 14.1. The summed E-state index contributed by atoms with van der Waals surface area (Å²) in [6.45, 7) is 0.923. The van der Waals surface area contributed by atoms with Crippen molar-refractivity contribution in [1.29, 1.82) is 0 Å². The molecule has 0 fully saturated rings. The molecule has 0 saturated heterocycles. The molecular formula is C14H11BrClFN2O2. The van der Waals surface area contributed by atoms with Crippen LogP contribution in [0.4, 0.5) is 10.1 Å². The fourth-order valence-corrected chi connectivity index (χ4v) is 2.59. The number of benzene rings is 2. The van der Waals surface area contributed by atoms with Gasteiger partial charge in [-0.25, -0.2) is 4.39 Å². The average molecular weight is 374 g/mol. The molecule has 1 N–H and O–H groups in total. The van der Waals surface area contributed by atoms with E-state index in [4.69, 9.17) is 11.6 Å². The number of nitro groups is 1. The van der Waals surface area contributed by atoms with E-state index in [2.05, 4.69) is 21.2 Å². The molecular weight excluding hydrogens is 363 g/mol. The maximum atomic E-state index is 13.0. The normalized spacial score (nSPS) is 10.6. The Balaban J connectivity index is 2.02. The largest absolute Gasteiger partial charge is 0.309 e. The van der Waals surface area contributed by atoms with Gasteiger partial charge in [-0.3, -0.25) is 10.1 Å². The first-order valence-electron chi connectivity index (χ1n) is 6.05. The highest BCUT2D eigenvalue weighted by molar-refractivity contribution is 9.10. The first kappa shape index (κ1) is 15.9. The minimum Gasteiger partial charge on any atom is -0.309 e. The smallest absolute Gasteiger partial charge is 0.283 e. The monoisotopic (exact) mass is 372 g/mol. The molecule has 2 rings (SSSR count). The van der Waals surface area contributed by atoms with Gasteiger partial charge in [0.05, 0.1) is 14.4 Å². The zero-order valence-corrected chi connectivity index (χ0v) is 13.1. The van der Waals surface area contributed by atoms with Gasteiger partial charge in [0.1, 0.15) is 5.82 Å². The Kier molecular flexibility index (Phi) is 5.27. The van der Waals surface area contributed by atoms with Gasteiger partial charge in [0.2, 0.25) is 0 Å². The maximum Gasteiger partial charge on any atom is 0.283 e. The van der Waals surface area contributed by atoms with Crippen LogP contribution in [0.25, 0.3) is 0 Å². The van der Waals surface area contributed by atoms with Gasteiger partial charge < -0.3 is 5.32 Å². The van der Waals surface area contributed by atoms with Gasteiger partial charge >= 0.3 is 0 Å². The molecule has 2 aromatic carbocycles. The van der Waals surface area contributed by atoms with Gasteiger partial charge in [0.15, 0.2) is 0 Å². The molecule has 0 spiro atoms. The van der Waals surface area contributed by atoms with Crippen molar-refractivity contribution in [3.8, 4) is 0 Å². The standard InChI is InChI=1S/C14H11BrClFN2O2/c15-14-10(2-1-3-13(14)19(20)21)8-18-7-9-4-5-12(17)11(16)6-9/h1-6,18H,7-8H2. The van der Waals surface area contributed by atoms with E-state index < -0.39 is 10.7 Å². The lowest BCUT2D eigenvalue weighted by molar-refractivity contribution is -0.385. The van der Waals surface area contributed by atoms with E-state index in [0.29, 0.717) is 17.6 Å². The molecule has 0 aliphatic carbocycles. The predicted octanol–water partition coefficient (Wildman–Crippen LogP) is 4.44. The highest BCUT2D eigenvalue weighted by atomic mass is 79.9. The third-order valence-electron chi connectivity index (χ3n) is 2.88. The summed E-state index contributed by atoms with van der Waals surface area (Å²) in [6, 6.07) is 9.36. The highest BCUT2D eigenvalue weighted by Gasteiger charge is 2.14. The second-order valence-corrected chi connectivity index (χ2v) is 5.56. The van der Waals surface area contributed by atoms with Crippen LogP contribution in [0.2, 0.25) is 5.02 Å². The van der Waals surface area contributed by atoms with Crippen LogP contribution in [-0.4, -0.2) is 4.92 Å². The van der Waals surface area contributed by atoms with Crippen molar-refractivity contribution in [3.63, 3.8) is 0 Å². The average Bonchev–Trinajstić information content (AvgIpc) is 2.44. The molecule has 0 bridgehead atoms. The molecule has 110 valence electrons. The summed E-state index contributed by atoms with van der Waals surface area (Å²) >= 11 is 8.94. The summed E-state index contributed by atoms with van der Waals surface area (Å²) in [4.78, 5) is 10.4. The molecule has 0 amide bonds. The topological polar surface area (TPSA) is 55.2 Å². The van der Waals surface area contributed by atoms with Crippen LogP contribution in [0.5, 0.6) is 0 Å². The number of nitrogens with zero attached hydrogens (tertiary/aromatic N) is 1. The molecule has 2 aromatic rings. The molecule has 21 heavy (non-hydrogen) atoms. The fourth-order valence-electron chi connectivity index (χ4n) is 1.83. The number of halogens is 3. The van der Waals surface area contributed by atoms with Crippen LogP contribution in [-0.2, 0) is 13.1 Å². The predicted molar refractivity (Wildman–Crippen MR) is 82.8 cm³/mol. The minimum absolute atomic E-state index is 0.0270. The fraction of sp³-hybridized carbons (Fsp3) is 0.143. The van der Waals surface area contributed by atoms with Crippen LogP contribution < -0.4 is 5.32 Å². The second-order valence-electron chi connectivity index (χ2n) is 4.36. The van der Waals surface area contributed by atoms with E-state index in [-0.39, 0.29) is 10.7 Å². The van der Waals surface area contributed by atoms with Gasteiger partial charge in [-0.2, -0.15) is 0 Å². The maximum absolute atomic E-state index is 13.0. The number of nitrogens with one attached hydrogen (secondary N) is 1. The van der Waals surface area contributed by atoms with Crippen molar-refractivity contribution in [1.82, 2.24) is 5.32 Å². The molecule has 0 atom stereocenters. The van der Waals surface area contributed by atoms with Gasteiger partial charge in [-0.15, -0.1) is 0 Å². The van der Waals surface area contributed by atoms with Crippen molar-refractivity contribution in [2.75, 3.05) is 0 Å². The second kappa shape index (κ2) is 6.98. The Morgan fingerprint density at radius 1 is 1.29 bits per heavy atom. The van der Waals surface area contributed by atoms with Gasteiger partial charge in [-0.1, -0.05) is 29.8 Å². The Morgan fingerprint density at radius 3 is 2.71 bits per heavy atom. The van der Waals surface area contributed by atoms with E-state index in [1.165, 1.54) is 12.1 Å². The molecule has 0 aliphatic heterocycles. The Bertz CT molecular complexity index is 682. The SMILES string of the molecule is O=[N+]([O-])c1cccc(CNCc2ccc(F)c(Cl)c2)c1Br. The van der Waals surface area contributed by atoms with Gasteiger partial charge in [-0.05, 0) is 39.2 Å². The van der Waals surface area contributed by atoms with E-state index in [1.54, 1.807) is 24.3 Å². The van der Waals surface area contributed by atoms with Crippen LogP contribution >= 0.6 is 27.5 Å². The summed E-state index contributed by atoms with van der Waals surface area (Å²) in [5.74, 6) is -0.457. The van der Waals surface area contributed by atoms with Crippen LogP contribution in [0.1, 0.15) is 11.1 Å². The molecule has 0 aromatic heterocycles. The van der Waals surface area contributed by atoms with Crippen LogP contribution in [0.3, 0.4) is 0 Å². The number of hydrogen-bond donors (Lipinski definition) is 1. The van der Waals surface area contributed by atoms with Crippen molar-refractivity contribution in [2.24, 2.45) is 0 Å². The lowest BCUT2D eigenvalue weighted by atomic mass is 10.2. The molecule has 0 aliphatic rings. The quantitative estimate of drug-likeness (QED) is 0.623. The van der Waals surface area contributed by atoms with E-state index in [9.17, 15) is 14.5 Å². The molecule has 7 heteroatoms. The Morgan fingerprint density at radius 2 is 2.05 bits per heavy atom. The molecule has 0 unspecified atom stereocenters. The molecule has 0 radical (unpaired) electrons. The van der Waals surface area contributed by atoms with Crippen molar-refractivity contribution in [3.05, 3.63) is 73.0 Å². The third kappa shape index (κ3) is 4.00. The first-order chi connectivity index (χ1) is 9.99. The summed E-state index contributed by atoms with van der Waals surface area (Å²) in [7, 11) is 0. The van der Waals surface area contributed by atoms with E-state index >= 15 is 0 Å². The van der Waals surface area contributed by atoms with Gasteiger partial charge in [0.25, 0.3) is 5.69 Å². The molecule has 0 heterocycles. The van der Waals surface area contributed by atoms with Crippen molar-refractivity contribution in [2.45, 2.75) is 13.1 Å². The van der Waals surface area contributed by atoms with Crippen molar-refractivity contribution < 1.29 is 9.31 Å². The minimum atomic E-state index is -0.457. The molecule has 0 saturated carbocycles. The highest BCUT2D eigenvalue weighted by Crippen LogP contribution is 2.28. The summed E-state index contributed by atoms with van der Waals surface area (Å²) in [5.41, 5.74) is 1.64. The van der Waals surface area contributed by atoms with E-state index in [1.807, 2.05) is 0 Å². The van der Waals surface area contributed by atoms with Gasteiger partial charge in [0, 0.05) is 19.2 Å². The van der Waals surface area contributed by atoms with E-state index in [0.717, 1.165) is 11.1 Å². The number of nitro benzene ring substituents is 1. The van der Waals surface area contributed by atoms with Crippen LogP contribution in [0, 0.1) is 15.9 Å².